The van der Waals surface area contributed by atoms with Gasteiger partial charge in [0.25, 0.3) is 0 Å². The molecule has 0 saturated carbocycles. The first-order chi connectivity index (χ1) is 5.97. The lowest BCUT2D eigenvalue weighted by atomic mass is 10.00. The van der Waals surface area contributed by atoms with Crippen molar-refractivity contribution in [1.82, 2.24) is 0 Å². The van der Waals surface area contributed by atoms with E-state index in [0.29, 0.717) is 5.92 Å². The molecule has 1 atom stereocenters. The lowest BCUT2D eigenvalue weighted by Crippen LogP contribution is -2.15. The fourth-order valence-electron chi connectivity index (χ4n) is 1.31. The number of ether oxygens (including phenoxy) is 1. The highest BCUT2D eigenvalue weighted by molar-refractivity contribution is 5.88. The van der Waals surface area contributed by atoms with E-state index < -0.39 is 0 Å². The predicted octanol–water partition coefficient (Wildman–Crippen LogP) is 2.58. The quantitative estimate of drug-likeness (QED) is 0.614. The molecule has 0 aromatic carbocycles. The zero-order valence-corrected chi connectivity index (χ0v) is 9.26. The van der Waals surface area contributed by atoms with Crippen molar-refractivity contribution in [2.24, 2.45) is 5.92 Å². The fourth-order valence-corrected chi connectivity index (χ4v) is 1.31. The van der Waals surface area contributed by atoms with Gasteiger partial charge in [-0.25, -0.2) is 0 Å². The average Bonchev–Trinajstić information content (AvgIpc) is 1.98. The van der Waals surface area contributed by atoms with E-state index in [0.717, 1.165) is 12.0 Å². The number of methoxy groups -OCH3 is 1. The van der Waals surface area contributed by atoms with Gasteiger partial charge in [-0.3, -0.25) is 4.79 Å². The van der Waals surface area contributed by atoms with E-state index in [1.807, 2.05) is 6.92 Å². The molecule has 0 aromatic rings. The predicted molar refractivity (Wildman–Crippen MR) is 54.7 cm³/mol. The Balaban J connectivity index is 4.30. The molecule has 0 heterocycles. The third-order valence-corrected chi connectivity index (χ3v) is 1.91. The van der Waals surface area contributed by atoms with Crippen molar-refractivity contribution in [3.8, 4) is 0 Å². The summed E-state index contributed by atoms with van der Waals surface area (Å²) in [6.07, 6.45) is 2.70. The number of rotatable bonds is 5. The van der Waals surface area contributed by atoms with Gasteiger partial charge in [-0.05, 0) is 37.8 Å². The summed E-state index contributed by atoms with van der Waals surface area (Å²) in [4.78, 5) is 10.8. The van der Waals surface area contributed by atoms with E-state index in [9.17, 15) is 4.79 Å². The van der Waals surface area contributed by atoms with Crippen LogP contribution in [0, 0.1) is 5.92 Å². The van der Waals surface area contributed by atoms with Crippen LogP contribution < -0.4 is 0 Å². The van der Waals surface area contributed by atoms with Gasteiger partial charge in [0, 0.05) is 7.11 Å². The van der Waals surface area contributed by atoms with Gasteiger partial charge in [0.1, 0.15) is 0 Å². The number of ketones is 1. The Bertz CT molecular complexity index is 192. The van der Waals surface area contributed by atoms with Gasteiger partial charge in [0.2, 0.25) is 0 Å². The van der Waals surface area contributed by atoms with Gasteiger partial charge in [-0.15, -0.1) is 0 Å². The van der Waals surface area contributed by atoms with Crippen LogP contribution in [0.15, 0.2) is 11.6 Å². The zero-order valence-electron chi connectivity index (χ0n) is 9.26. The highest BCUT2D eigenvalue weighted by atomic mass is 16.5. The minimum atomic E-state index is 0.0864. The Labute approximate surface area is 81.0 Å². The van der Waals surface area contributed by atoms with Gasteiger partial charge in [-0.1, -0.05) is 13.8 Å². The molecule has 2 heteroatoms. The van der Waals surface area contributed by atoms with Crippen molar-refractivity contribution in [3.05, 3.63) is 11.6 Å². The maximum atomic E-state index is 10.8. The van der Waals surface area contributed by atoms with E-state index in [1.54, 1.807) is 20.1 Å². The molecule has 0 rings (SSSR count). The minimum absolute atomic E-state index is 0.0864. The molecule has 0 aromatic heterocycles. The first kappa shape index (κ1) is 12.4. The van der Waals surface area contributed by atoms with Crippen LogP contribution in [0.25, 0.3) is 0 Å². The van der Waals surface area contributed by atoms with Crippen LogP contribution >= 0.6 is 0 Å². The lowest BCUT2D eigenvalue weighted by molar-refractivity contribution is -0.112. The lowest BCUT2D eigenvalue weighted by Gasteiger charge is -2.17. The molecule has 0 radical (unpaired) electrons. The van der Waals surface area contributed by atoms with Crippen LogP contribution in [0.3, 0.4) is 0 Å². The molecule has 0 bridgehead atoms. The Morgan fingerprint density at radius 2 is 1.92 bits per heavy atom. The van der Waals surface area contributed by atoms with Crippen molar-refractivity contribution < 1.29 is 9.53 Å². The van der Waals surface area contributed by atoms with Crippen molar-refractivity contribution in [2.75, 3.05) is 7.11 Å². The number of hydrogen-bond donors (Lipinski definition) is 0. The Hall–Kier alpha value is -0.630. The summed E-state index contributed by atoms with van der Waals surface area (Å²) in [7, 11) is 1.69. The molecule has 0 fully saturated rings. The molecular formula is C11H20O2. The second-order valence-corrected chi connectivity index (χ2v) is 3.85. The third-order valence-electron chi connectivity index (χ3n) is 1.91. The summed E-state index contributed by atoms with van der Waals surface area (Å²) >= 11 is 0. The van der Waals surface area contributed by atoms with E-state index >= 15 is 0 Å². The molecule has 0 aliphatic carbocycles. The van der Waals surface area contributed by atoms with Crippen LogP contribution in [0.1, 0.15) is 34.1 Å². The number of carbonyl (C=O) groups excluding carboxylic acids is 1. The first-order valence-electron chi connectivity index (χ1n) is 4.69. The summed E-state index contributed by atoms with van der Waals surface area (Å²) in [6.45, 7) is 7.80. The fraction of sp³-hybridized carbons (Fsp3) is 0.727. The molecular weight excluding hydrogens is 164 g/mol. The summed E-state index contributed by atoms with van der Waals surface area (Å²) < 4.78 is 5.30. The van der Waals surface area contributed by atoms with Crippen molar-refractivity contribution in [1.29, 1.82) is 0 Å². The van der Waals surface area contributed by atoms with Crippen LogP contribution in [0.5, 0.6) is 0 Å². The van der Waals surface area contributed by atoms with E-state index in [1.165, 1.54) is 0 Å². The van der Waals surface area contributed by atoms with E-state index in [2.05, 4.69) is 13.8 Å². The standard InChI is InChI=1S/C11H20O2/c1-8(2)6-11(13-5)9(3)7-10(4)12/h7-8,11H,6H2,1-5H3/b9-7+. The van der Waals surface area contributed by atoms with Crippen molar-refractivity contribution in [2.45, 2.75) is 40.2 Å². The Morgan fingerprint density at radius 1 is 1.38 bits per heavy atom. The number of allylic oxidation sites excluding steroid dienone is 1. The largest absolute Gasteiger partial charge is 0.377 e. The van der Waals surface area contributed by atoms with Crippen LogP contribution in [0.4, 0.5) is 0 Å². The molecule has 1 unspecified atom stereocenters. The van der Waals surface area contributed by atoms with E-state index in [-0.39, 0.29) is 11.9 Å². The van der Waals surface area contributed by atoms with Crippen LogP contribution in [0.2, 0.25) is 0 Å². The maximum absolute atomic E-state index is 10.8. The van der Waals surface area contributed by atoms with Gasteiger partial charge >= 0.3 is 0 Å². The summed E-state index contributed by atoms with van der Waals surface area (Å²) in [5.41, 5.74) is 1.02. The Morgan fingerprint density at radius 3 is 2.23 bits per heavy atom. The zero-order chi connectivity index (χ0) is 10.4. The molecule has 2 nitrogen and oxygen atoms in total. The SMILES string of the molecule is COC(CC(C)C)/C(C)=C/C(C)=O. The van der Waals surface area contributed by atoms with Crippen molar-refractivity contribution in [3.63, 3.8) is 0 Å². The van der Waals surface area contributed by atoms with Gasteiger partial charge < -0.3 is 4.74 Å². The molecule has 0 amide bonds. The first-order valence-corrected chi connectivity index (χ1v) is 4.69. The second-order valence-electron chi connectivity index (χ2n) is 3.85. The summed E-state index contributed by atoms with van der Waals surface area (Å²) in [5, 5.41) is 0. The smallest absolute Gasteiger partial charge is 0.152 e. The van der Waals surface area contributed by atoms with Crippen LogP contribution in [-0.2, 0) is 9.53 Å². The number of carbonyl (C=O) groups is 1. The third kappa shape index (κ3) is 5.58. The monoisotopic (exact) mass is 184 g/mol. The average molecular weight is 184 g/mol. The number of hydrogen-bond acceptors (Lipinski definition) is 2. The molecule has 76 valence electrons. The maximum Gasteiger partial charge on any atom is 0.152 e. The molecule has 0 aliphatic rings. The highest BCUT2D eigenvalue weighted by Gasteiger charge is 2.11. The summed E-state index contributed by atoms with van der Waals surface area (Å²) in [5.74, 6) is 0.670. The van der Waals surface area contributed by atoms with Gasteiger partial charge in [0.05, 0.1) is 6.10 Å². The Kier molecular flexibility index (Phi) is 5.63. The molecule has 0 spiro atoms. The molecule has 0 saturated heterocycles. The van der Waals surface area contributed by atoms with Gasteiger partial charge in [0.15, 0.2) is 5.78 Å². The van der Waals surface area contributed by atoms with Gasteiger partial charge in [-0.2, -0.15) is 0 Å². The highest BCUT2D eigenvalue weighted by Crippen LogP contribution is 2.15. The second kappa shape index (κ2) is 5.92. The van der Waals surface area contributed by atoms with E-state index in [4.69, 9.17) is 4.74 Å². The van der Waals surface area contributed by atoms with Crippen LogP contribution in [-0.4, -0.2) is 19.0 Å². The minimum Gasteiger partial charge on any atom is -0.377 e. The topological polar surface area (TPSA) is 26.3 Å². The van der Waals surface area contributed by atoms with Crippen molar-refractivity contribution >= 4 is 5.78 Å². The molecule has 0 aliphatic heterocycles. The molecule has 0 N–H and O–H groups in total. The summed E-state index contributed by atoms with van der Waals surface area (Å²) in [6, 6.07) is 0. The molecule has 13 heavy (non-hydrogen) atoms. The normalized spacial score (nSPS) is 14.8.